The van der Waals surface area contributed by atoms with Gasteiger partial charge in [0.1, 0.15) is 0 Å². The molecule has 2 unspecified atom stereocenters. The molecule has 102 valence electrons. The Balaban J connectivity index is 2.12. The van der Waals surface area contributed by atoms with Crippen molar-refractivity contribution in [3.8, 4) is 0 Å². The van der Waals surface area contributed by atoms with Gasteiger partial charge in [-0.15, -0.1) is 11.3 Å². The largest absolute Gasteiger partial charge is 0.326 e. The highest BCUT2D eigenvalue weighted by molar-refractivity contribution is 9.11. The Kier molecular flexibility index (Phi) is 4.52. The smallest absolute Gasteiger partial charge is 0.0702 e. The first kappa shape index (κ1) is 14.5. The van der Waals surface area contributed by atoms with Crippen molar-refractivity contribution in [1.29, 1.82) is 0 Å². The first-order valence-electron chi connectivity index (χ1n) is 6.64. The van der Waals surface area contributed by atoms with E-state index < -0.39 is 0 Å². The van der Waals surface area contributed by atoms with Crippen LogP contribution in [0, 0.1) is 5.41 Å². The minimum atomic E-state index is 0.178. The van der Waals surface area contributed by atoms with Crippen molar-refractivity contribution in [2.45, 2.75) is 45.7 Å². The van der Waals surface area contributed by atoms with E-state index in [1.165, 1.54) is 21.5 Å². The van der Waals surface area contributed by atoms with Crippen molar-refractivity contribution < 1.29 is 0 Å². The number of halogens is 1. The maximum Gasteiger partial charge on any atom is 0.0702 e. The SMILES string of the molecule is CC(N)C(c1ccc(Br)s1)N1CCC(C)(C)CC1. The summed E-state index contributed by atoms with van der Waals surface area (Å²) < 4.78 is 1.19. The van der Waals surface area contributed by atoms with E-state index in [-0.39, 0.29) is 6.04 Å². The van der Waals surface area contributed by atoms with Crippen molar-refractivity contribution in [3.05, 3.63) is 20.8 Å². The Bertz CT molecular complexity index is 390. The van der Waals surface area contributed by atoms with E-state index in [2.05, 4.69) is 53.7 Å². The lowest BCUT2D eigenvalue weighted by molar-refractivity contribution is 0.0857. The van der Waals surface area contributed by atoms with Gasteiger partial charge in [0.25, 0.3) is 0 Å². The van der Waals surface area contributed by atoms with Gasteiger partial charge in [0, 0.05) is 10.9 Å². The predicted molar refractivity (Wildman–Crippen MR) is 83.0 cm³/mol. The van der Waals surface area contributed by atoms with Crippen LogP contribution in [-0.4, -0.2) is 24.0 Å². The molecule has 2 heterocycles. The van der Waals surface area contributed by atoms with Crippen molar-refractivity contribution in [1.82, 2.24) is 4.90 Å². The number of nitrogens with two attached hydrogens (primary N) is 1. The molecule has 0 amide bonds. The van der Waals surface area contributed by atoms with Crippen molar-refractivity contribution in [2.24, 2.45) is 11.1 Å². The molecule has 0 bridgehead atoms. The Morgan fingerprint density at radius 3 is 2.39 bits per heavy atom. The molecule has 1 saturated heterocycles. The van der Waals surface area contributed by atoms with Gasteiger partial charge in [-0.3, -0.25) is 4.90 Å². The maximum absolute atomic E-state index is 6.23. The monoisotopic (exact) mass is 330 g/mol. The molecular formula is C14H23BrN2S. The van der Waals surface area contributed by atoms with Gasteiger partial charge in [-0.2, -0.15) is 0 Å². The Morgan fingerprint density at radius 1 is 1.33 bits per heavy atom. The number of hydrogen-bond acceptors (Lipinski definition) is 3. The molecule has 0 aromatic carbocycles. The highest BCUT2D eigenvalue weighted by Crippen LogP contribution is 2.37. The molecule has 1 aliphatic heterocycles. The minimum absolute atomic E-state index is 0.178. The number of thiophene rings is 1. The first-order valence-corrected chi connectivity index (χ1v) is 8.25. The van der Waals surface area contributed by atoms with Gasteiger partial charge < -0.3 is 5.73 Å². The van der Waals surface area contributed by atoms with Gasteiger partial charge in [-0.1, -0.05) is 13.8 Å². The van der Waals surface area contributed by atoms with Gasteiger partial charge in [-0.25, -0.2) is 0 Å². The van der Waals surface area contributed by atoms with Gasteiger partial charge in [-0.05, 0) is 66.3 Å². The summed E-state index contributed by atoms with van der Waals surface area (Å²) in [5.74, 6) is 0. The Morgan fingerprint density at radius 2 is 1.94 bits per heavy atom. The third-order valence-corrected chi connectivity index (χ3v) is 5.62. The van der Waals surface area contributed by atoms with E-state index in [0.717, 1.165) is 13.1 Å². The summed E-state index contributed by atoms with van der Waals surface area (Å²) in [5.41, 5.74) is 6.72. The molecule has 1 aromatic heterocycles. The molecule has 0 saturated carbocycles. The van der Waals surface area contributed by atoms with E-state index in [1.807, 2.05) is 11.3 Å². The van der Waals surface area contributed by atoms with Crippen LogP contribution >= 0.6 is 27.3 Å². The quantitative estimate of drug-likeness (QED) is 0.906. The highest BCUT2D eigenvalue weighted by atomic mass is 79.9. The summed E-state index contributed by atoms with van der Waals surface area (Å²) in [6.07, 6.45) is 2.53. The molecule has 1 aromatic rings. The number of nitrogens with zero attached hydrogens (tertiary/aromatic N) is 1. The molecule has 0 aliphatic carbocycles. The van der Waals surface area contributed by atoms with E-state index in [4.69, 9.17) is 5.73 Å². The standard InChI is InChI=1S/C14H23BrN2S/c1-10(16)13(11-4-5-12(15)18-11)17-8-6-14(2,3)7-9-17/h4-5,10,13H,6-9,16H2,1-3H3. The molecule has 2 N–H and O–H groups in total. The topological polar surface area (TPSA) is 29.3 Å². The summed E-state index contributed by atoms with van der Waals surface area (Å²) in [7, 11) is 0. The number of rotatable bonds is 3. The van der Waals surface area contributed by atoms with E-state index in [1.54, 1.807) is 0 Å². The van der Waals surface area contributed by atoms with Crippen LogP contribution in [0.25, 0.3) is 0 Å². The van der Waals surface area contributed by atoms with Crippen LogP contribution in [0.4, 0.5) is 0 Å². The summed E-state index contributed by atoms with van der Waals surface area (Å²) in [4.78, 5) is 3.95. The molecule has 1 fully saturated rings. The number of likely N-dealkylation sites (tertiary alicyclic amines) is 1. The maximum atomic E-state index is 6.23. The molecule has 1 aliphatic rings. The average molecular weight is 331 g/mol. The van der Waals surface area contributed by atoms with Gasteiger partial charge >= 0.3 is 0 Å². The van der Waals surface area contributed by atoms with Crippen LogP contribution in [0.2, 0.25) is 0 Å². The second-order valence-electron chi connectivity index (χ2n) is 6.15. The van der Waals surface area contributed by atoms with Crippen molar-refractivity contribution in [2.75, 3.05) is 13.1 Å². The summed E-state index contributed by atoms with van der Waals surface area (Å²) in [6, 6.07) is 4.89. The van der Waals surface area contributed by atoms with Crippen LogP contribution in [0.1, 0.15) is 44.5 Å². The van der Waals surface area contributed by atoms with E-state index in [0.29, 0.717) is 11.5 Å². The summed E-state index contributed by atoms with van der Waals surface area (Å²) in [6.45, 7) is 9.18. The summed E-state index contributed by atoms with van der Waals surface area (Å²) >= 11 is 5.36. The second kappa shape index (κ2) is 5.61. The lowest BCUT2D eigenvalue weighted by atomic mass is 9.82. The van der Waals surface area contributed by atoms with Gasteiger partial charge in [0.15, 0.2) is 0 Å². The van der Waals surface area contributed by atoms with Crippen molar-refractivity contribution in [3.63, 3.8) is 0 Å². The fourth-order valence-electron chi connectivity index (χ4n) is 2.67. The Labute approximate surface area is 123 Å². The highest BCUT2D eigenvalue weighted by Gasteiger charge is 2.32. The Hall–Kier alpha value is 0.1000. The zero-order valence-electron chi connectivity index (χ0n) is 11.4. The van der Waals surface area contributed by atoms with Crippen molar-refractivity contribution >= 4 is 27.3 Å². The van der Waals surface area contributed by atoms with Crippen LogP contribution in [0.5, 0.6) is 0 Å². The first-order chi connectivity index (χ1) is 8.39. The molecular weight excluding hydrogens is 308 g/mol. The lowest BCUT2D eigenvalue weighted by Crippen LogP contribution is -2.45. The predicted octanol–water partition coefficient (Wildman–Crippen LogP) is 4.02. The van der Waals surface area contributed by atoms with Crippen LogP contribution in [-0.2, 0) is 0 Å². The summed E-state index contributed by atoms with van der Waals surface area (Å²) in [5, 5.41) is 0. The molecule has 4 heteroatoms. The molecule has 18 heavy (non-hydrogen) atoms. The molecule has 2 rings (SSSR count). The average Bonchev–Trinajstić information content (AvgIpc) is 2.67. The van der Waals surface area contributed by atoms with Crippen LogP contribution in [0.15, 0.2) is 15.9 Å². The number of hydrogen-bond donors (Lipinski definition) is 1. The second-order valence-corrected chi connectivity index (χ2v) is 8.64. The minimum Gasteiger partial charge on any atom is -0.326 e. The van der Waals surface area contributed by atoms with E-state index >= 15 is 0 Å². The fraction of sp³-hybridized carbons (Fsp3) is 0.714. The molecule has 2 atom stereocenters. The number of piperidine rings is 1. The van der Waals surface area contributed by atoms with Crippen LogP contribution < -0.4 is 5.73 Å². The third kappa shape index (κ3) is 3.35. The van der Waals surface area contributed by atoms with Gasteiger partial charge in [0.2, 0.25) is 0 Å². The fourth-order valence-corrected chi connectivity index (χ4v) is 4.34. The van der Waals surface area contributed by atoms with E-state index in [9.17, 15) is 0 Å². The molecule has 0 spiro atoms. The van der Waals surface area contributed by atoms with Gasteiger partial charge in [0.05, 0.1) is 9.83 Å². The normalized spacial score (nSPS) is 23.8. The molecule has 2 nitrogen and oxygen atoms in total. The zero-order chi connectivity index (χ0) is 13.3. The van der Waals surface area contributed by atoms with Crippen LogP contribution in [0.3, 0.4) is 0 Å². The lowest BCUT2D eigenvalue weighted by Gasteiger charge is -2.42. The third-order valence-electron chi connectivity index (χ3n) is 3.93. The molecule has 0 radical (unpaired) electrons. The zero-order valence-corrected chi connectivity index (χ0v) is 13.9.